The van der Waals surface area contributed by atoms with Crippen LogP contribution in [-0.4, -0.2) is 62.4 Å². The van der Waals surface area contributed by atoms with E-state index in [1.54, 1.807) is 54.9 Å². The number of fused-ring (bicyclic) bond motifs is 3. The zero-order valence-corrected chi connectivity index (χ0v) is 29.4. The van der Waals surface area contributed by atoms with E-state index in [9.17, 15) is 14.0 Å². The third kappa shape index (κ3) is 8.53. The fraction of sp³-hybridized carbons (Fsp3) is 0.324. The van der Waals surface area contributed by atoms with Crippen LogP contribution in [0.5, 0.6) is 11.5 Å². The molecule has 14 heteroatoms. The Balaban J connectivity index is 0.00000504. The molecule has 0 unspecified atom stereocenters. The van der Waals surface area contributed by atoms with E-state index in [2.05, 4.69) is 9.88 Å². The number of nitrogens with zero attached hydrogens (tertiary/aromatic N) is 2. The molecule has 4 heterocycles. The summed E-state index contributed by atoms with van der Waals surface area (Å²) in [5, 5.41) is 0.740. The number of halogens is 4. The van der Waals surface area contributed by atoms with Crippen LogP contribution in [0, 0.1) is 17.6 Å². The average molecular weight is 745 g/mol. The van der Waals surface area contributed by atoms with Crippen LogP contribution in [0.15, 0.2) is 73.1 Å². The summed E-state index contributed by atoms with van der Waals surface area (Å²) in [4.78, 5) is 33.3. The number of aromatic nitrogens is 1. The van der Waals surface area contributed by atoms with Crippen molar-refractivity contribution in [3.63, 3.8) is 0 Å². The van der Waals surface area contributed by atoms with Crippen molar-refractivity contribution >= 4 is 41.0 Å². The summed E-state index contributed by atoms with van der Waals surface area (Å²) in [5.41, 5.74) is 1.71. The van der Waals surface area contributed by atoms with E-state index in [0.717, 1.165) is 36.9 Å². The Kier molecular flexibility index (Phi) is 12.4. The van der Waals surface area contributed by atoms with Crippen LogP contribution in [0.2, 0.25) is 10.0 Å². The van der Waals surface area contributed by atoms with Gasteiger partial charge >= 0.3 is 12.1 Å². The van der Waals surface area contributed by atoms with Crippen LogP contribution in [0.4, 0.5) is 19.3 Å². The minimum Gasteiger partial charge on any atom is -0.870 e. The Hall–Kier alpha value is -4.49. The van der Waals surface area contributed by atoms with Gasteiger partial charge < -0.3 is 24.4 Å². The van der Waals surface area contributed by atoms with E-state index in [1.807, 2.05) is 0 Å². The number of hydrogen-bond acceptors (Lipinski definition) is 8. The molecule has 3 fully saturated rings. The molecule has 0 radical (unpaired) electrons. The summed E-state index contributed by atoms with van der Waals surface area (Å²) in [6, 6.07) is 15.2. The second-order valence-electron chi connectivity index (χ2n) is 12.3. The highest BCUT2D eigenvalue weighted by Crippen LogP contribution is 2.36. The highest BCUT2D eigenvalue weighted by molar-refractivity contribution is 6.35. The Bertz CT molecular complexity index is 1840. The van der Waals surface area contributed by atoms with Crippen LogP contribution >= 0.6 is 23.2 Å². The number of anilines is 1. The monoisotopic (exact) mass is 743 g/mol. The van der Waals surface area contributed by atoms with E-state index in [1.165, 1.54) is 26.4 Å². The van der Waals surface area contributed by atoms with Crippen LogP contribution in [0.25, 0.3) is 0 Å². The molecule has 3 aliphatic heterocycles. The third-order valence-corrected chi connectivity index (χ3v) is 9.91. The van der Waals surface area contributed by atoms with Gasteiger partial charge in [0.05, 0.1) is 32.0 Å². The van der Waals surface area contributed by atoms with Crippen LogP contribution in [-0.2, 0) is 22.4 Å². The molecule has 2 bridgehead atoms. The van der Waals surface area contributed by atoms with Gasteiger partial charge in [-0.3, -0.25) is 9.80 Å². The van der Waals surface area contributed by atoms with Crippen LogP contribution in [0.1, 0.15) is 46.0 Å². The van der Waals surface area contributed by atoms with Crippen LogP contribution < -0.4 is 19.4 Å². The lowest BCUT2D eigenvalue weighted by atomic mass is 9.86. The zero-order chi connectivity index (χ0) is 35.4. The molecule has 1 amide bonds. The first-order valence-corrected chi connectivity index (χ1v) is 16.9. The number of hydrogen-bond donors (Lipinski definition) is 0. The Labute approximate surface area is 304 Å². The molecule has 3 saturated heterocycles. The van der Waals surface area contributed by atoms with E-state index in [0.29, 0.717) is 44.8 Å². The SMILES string of the molecule is COc1ccc([C@H](Cc2c(Cl)c[nH+]cc2Cl)OC(=O)c2ccc(CN(C(=O)O[C@H]3CN4CCC3CC4)c3cccc(F)c3F)cc2)cc1OC.[OH-]. The second kappa shape index (κ2) is 16.7. The van der Waals surface area contributed by atoms with Gasteiger partial charge in [-0.25, -0.2) is 23.4 Å². The van der Waals surface area contributed by atoms with E-state index in [4.69, 9.17) is 42.1 Å². The standard InChI is InChI=1S/C37H35Cl2F2N3O6.H2O/c1-47-31-11-10-25(16-33(31)48-2)32(17-26-27(38)18-42-19-28(26)39)49-36(45)24-8-6-22(7-9-24)20-44(30-5-3-4-29(40)35(30)41)37(46)50-34-21-43-14-12-23(34)13-15-43;/h3-11,16,18-19,23,32,34H,12-15,17,20-21H2,1-2H3;1H2/t32-,34-;/m0./s1. The van der Waals surface area contributed by atoms with Gasteiger partial charge in [0, 0.05) is 18.5 Å². The van der Waals surface area contributed by atoms with Gasteiger partial charge in [-0.1, -0.05) is 47.5 Å². The summed E-state index contributed by atoms with van der Waals surface area (Å²) in [6.07, 6.45) is 3.22. The molecular formula is C37H37Cl2F2N3O7. The topological polar surface area (TPSA) is 122 Å². The summed E-state index contributed by atoms with van der Waals surface area (Å²) in [7, 11) is 3.03. The third-order valence-electron chi connectivity index (χ3n) is 9.24. The molecule has 3 aliphatic rings. The molecule has 0 saturated carbocycles. The van der Waals surface area contributed by atoms with E-state index in [-0.39, 0.29) is 41.7 Å². The lowest BCUT2D eigenvalue weighted by Crippen LogP contribution is -2.53. The molecular weight excluding hydrogens is 707 g/mol. The maximum Gasteiger partial charge on any atom is 0.415 e. The fourth-order valence-corrected chi connectivity index (χ4v) is 6.98. The maximum absolute atomic E-state index is 15.0. The fourth-order valence-electron chi connectivity index (χ4n) is 6.45. The molecule has 0 aliphatic carbocycles. The predicted molar refractivity (Wildman–Crippen MR) is 185 cm³/mol. The number of nitrogens with one attached hydrogen (secondary N) is 1. The molecule has 4 aromatic rings. The lowest BCUT2D eigenvalue weighted by Gasteiger charge is -2.44. The number of H-pyrrole nitrogens is 1. The number of esters is 1. The average Bonchev–Trinajstić information content (AvgIpc) is 3.13. The molecule has 3 aromatic carbocycles. The van der Waals surface area contributed by atoms with Crippen LogP contribution in [0.3, 0.4) is 0 Å². The first-order chi connectivity index (χ1) is 24.1. The van der Waals surface area contributed by atoms with Gasteiger partial charge in [-0.2, -0.15) is 0 Å². The summed E-state index contributed by atoms with van der Waals surface area (Å²) >= 11 is 12.9. The number of carbonyl (C=O) groups is 2. The molecule has 2 N–H and O–H groups in total. The first-order valence-electron chi connectivity index (χ1n) is 16.2. The minimum atomic E-state index is -1.16. The molecule has 270 valence electrons. The van der Waals surface area contributed by atoms with Crippen molar-refractivity contribution in [2.45, 2.75) is 38.0 Å². The molecule has 0 spiro atoms. The number of methoxy groups -OCH3 is 2. The van der Waals surface area contributed by atoms with Gasteiger partial charge in [0.15, 0.2) is 35.5 Å². The summed E-state index contributed by atoms with van der Waals surface area (Å²) in [6.45, 7) is 2.39. The second-order valence-corrected chi connectivity index (χ2v) is 13.1. The largest absolute Gasteiger partial charge is 0.870 e. The molecule has 10 nitrogen and oxygen atoms in total. The van der Waals surface area contributed by atoms with Crippen molar-refractivity contribution in [2.24, 2.45) is 5.92 Å². The number of rotatable bonds is 11. The molecule has 1 aromatic heterocycles. The van der Waals surface area contributed by atoms with Crippen molar-refractivity contribution in [2.75, 3.05) is 38.8 Å². The van der Waals surface area contributed by atoms with Crippen molar-refractivity contribution in [1.82, 2.24) is 4.90 Å². The zero-order valence-electron chi connectivity index (χ0n) is 27.9. The van der Waals surface area contributed by atoms with Gasteiger partial charge in [-0.15, -0.1) is 0 Å². The van der Waals surface area contributed by atoms with Gasteiger partial charge in [0.2, 0.25) is 0 Å². The summed E-state index contributed by atoms with van der Waals surface area (Å²) in [5.74, 6) is -1.70. The van der Waals surface area contributed by atoms with Gasteiger partial charge in [0.25, 0.3) is 0 Å². The van der Waals surface area contributed by atoms with Crippen molar-refractivity contribution < 1.29 is 47.8 Å². The number of benzene rings is 3. The first kappa shape index (κ1) is 37.8. The number of ether oxygens (including phenoxy) is 4. The smallest absolute Gasteiger partial charge is 0.415 e. The Morgan fingerprint density at radius 3 is 2.27 bits per heavy atom. The summed E-state index contributed by atoms with van der Waals surface area (Å²) < 4.78 is 52.1. The van der Waals surface area contributed by atoms with Gasteiger partial charge in [0.1, 0.15) is 22.3 Å². The van der Waals surface area contributed by atoms with E-state index < -0.39 is 29.8 Å². The number of amides is 1. The number of pyridine rings is 1. The minimum absolute atomic E-state index is 0. The molecule has 51 heavy (non-hydrogen) atoms. The van der Waals surface area contributed by atoms with Gasteiger partial charge in [-0.05, 0) is 79.4 Å². The molecule has 7 rings (SSSR count). The van der Waals surface area contributed by atoms with Crippen molar-refractivity contribution in [1.29, 1.82) is 0 Å². The number of aromatic amines is 1. The highest BCUT2D eigenvalue weighted by atomic mass is 35.5. The Morgan fingerprint density at radius 1 is 0.961 bits per heavy atom. The van der Waals surface area contributed by atoms with E-state index >= 15 is 4.39 Å². The molecule has 2 atom stereocenters. The Morgan fingerprint density at radius 2 is 1.65 bits per heavy atom. The van der Waals surface area contributed by atoms with Crippen molar-refractivity contribution in [3.05, 3.63) is 117 Å². The number of carbonyl (C=O) groups excluding carboxylic acids is 2. The maximum atomic E-state index is 15.0. The van der Waals surface area contributed by atoms with Crippen molar-refractivity contribution in [3.8, 4) is 11.5 Å². The number of piperidine rings is 3. The normalized spacial score (nSPS) is 18.3. The quantitative estimate of drug-likeness (QED) is 0.147. The predicted octanol–water partition coefficient (Wildman–Crippen LogP) is 7.30. The lowest BCUT2D eigenvalue weighted by molar-refractivity contribution is -0.377. The highest BCUT2D eigenvalue weighted by Gasteiger charge is 2.38.